The van der Waals surface area contributed by atoms with Gasteiger partial charge in [0.05, 0.1) is 5.75 Å². The molecular formula is C27H28BrFN2O2S. The molecule has 0 aliphatic rings. The van der Waals surface area contributed by atoms with E-state index in [0.29, 0.717) is 24.3 Å². The largest absolute Gasteiger partial charge is 0.355 e. The number of nitrogens with zero attached hydrogens (tertiary/aromatic N) is 1. The first-order chi connectivity index (χ1) is 16.5. The quantitative estimate of drug-likeness (QED) is 0.343. The van der Waals surface area contributed by atoms with E-state index in [2.05, 4.69) is 21.2 Å². The molecule has 0 saturated heterocycles. The lowest BCUT2D eigenvalue weighted by molar-refractivity contribution is -0.139. The molecule has 178 valence electrons. The fourth-order valence-electron chi connectivity index (χ4n) is 3.58. The number of carbonyl (C=O) groups is 2. The summed E-state index contributed by atoms with van der Waals surface area (Å²) in [6, 6.07) is 23.2. The maximum absolute atomic E-state index is 14.5. The molecule has 4 nitrogen and oxygen atoms in total. The van der Waals surface area contributed by atoms with Crippen LogP contribution in [0.25, 0.3) is 0 Å². The van der Waals surface area contributed by atoms with Gasteiger partial charge < -0.3 is 10.2 Å². The van der Waals surface area contributed by atoms with Crippen molar-refractivity contribution in [2.45, 2.75) is 31.7 Å². The standard InChI is InChI=1S/C27H28BrFN2O2S/c1-2-30-27(33)25(16-20-8-4-3-5-9-20)31(17-22-10-6-7-11-24(22)29)26(32)19-34-18-21-12-14-23(28)15-13-21/h3-15,25H,2,16-19H2,1H3,(H,30,33)/t25-/m0/s1. The van der Waals surface area contributed by atoms with E-state index in [1.807, 2.05) is 61.5 Å². The van der Waals surface area contributed by atoms with Crippen LogP contribution in [0.15, 0.2) is 83.3 Å². The molecule has 0 bridgehead atoms. The monoisotopic (exact) mass is 542 g/mol. The molecule has 0 fully saturated rings. The molecule has 34 heavy (non-hydrogen) atoms. The topological polar surface area (TPSA) is 49.4 Å². The molecule has 3 rings (SSSR count). The minimum atomic E-state index is -0.747. The highest BCUT2D eigenvalue weighted by molar-refractivity contribution is 9.10. The molecule has 1 atom stereocenters. The number of rotatable bonds is 11. The first-order valence-corrected chi connectivity index (χ1v) is 13.1. The Hall–Kier alpha value is -2.64. The number of hydrogen-bond donors (Lipinski definition) is 1. The van der Waals surface area contributed by atoms with E-state index in [-0.39, 0.29) is 24.1 Å². The van der Waals surface area contributed by atoms with Crippen molar-refractivity contribution in [2.75, 3.05) is 12.3 Å². The van der Waals surface area contributed by atoms with Crippen LogP contribution >= 0.6 is 27.7 Å². The Balaban J connectivity index is 1.82. The van der Waals surface area contributed by atoms with E-state index in [4.69, 9.17) is 0 Å². The zero-order valence-electron chi connectivity index (χ0n) is 19.0. The van der Waals surface area contributed by atoms with Gasteiger partial charge in [0.15, 0.2) is 0 Å². The van der Waals surface area contributed by atoms with Crippen LogP contribution < -0.4 is 5.32 Å². The maximum Gasteiger partial charge on any atom is 0.243 e. The van der Waals surface area contributed by atoms with Crippen LogP contribution in [0.2, 0.25) is 0 Å². The Labute approximate surface area is 213 Å². The summed E-state index contributed by atoms with van der Waals surface area (Å²) in [7, 11) is 0. The number of benzene rings is 3. The average Bonchev–Trinajstić information content (AvgIpc) is 2.84. The summed E-state index contributed by atoms with van der Waals surface area (Å²) in [4.78, 5) is 28.0. The molecule has 0 aliphatic carbocycles. The highest BCUT2D eigenvalue weighted by atomic mass is 79.9. The average molecular weight is 544 g/mol. The molecule has 3 aromatic carbocycles. The van der Waals surface area contributed by atoms with Crippen molar-refractivity contribution in [1.82, 2.24) is 10.2 Å². The molecule has 0 aliphatic heterocycles. The van der Waals surface area contributed by atoms with Crippen LogP contribution in [0.5, 0.6) is 0 Å². The molecule has 0 unspecified atom stereocenters. The maximum atomic E-state index is 14.5. The predicted molar refractivity (Wildman–Crippen MR) is 140 cm³/mol. The lowest BCUT2D eigenvalue weighted by Crippen LogP contribution is -2.51. The molecule has 2 amide bonds. The highest BCUT2D eigenvalue weighted by Crippen LogP contribution is 2.20. The van der Waals surface area contributed by atoms with Gasteiger partial charge in [0.2, 0.25) is 11.8 Å². The minimum absolute atomic E-state index is 0.0268. The summed E-state index contributed by atoms with van der Waals surface area (Å²) >= 11 is 4.91. The molecule has 3 aromatic rings. The van der Waals surface area contributed by atoms with E-state index in [1.165, 1.54) is 22.7 Å². The summed E-state index contributed by atoms with van der Waals surface area (Å²) in [6.45, 7) is 2.32. The van der Waals surface area contributed by atoms with Gasteiger partial charge in [-0.3, -0.25) is 9.59 Å². The number of nitrogens with one attached hydrogen (secondary N) is 1. The third-order valence-electron chi connectivity index (χ3n) is 5.33. The Kier molecular flexibility index (Phi) is 10.2. The van der Waals surface area contributed by atoms with Gasteiger partial charge in [-0.1, -0.05) is 76.6 Å². The van der Waals surface area contributed by atoms with Crippen molar-refractivity contribution in [3.05, 3.63) is 106 Å². The number of halogens is 2. The second kappa shape index (κ2) is 13.3. The van der Waals surface area contributed by atoms with Crippen molar-refractivity contribution in [1.29, 1.82) is 0 Å². The Morgan fingerprint density at radius 2 is 1.65 bits per heavy atom. The van der Waals surface area contributed by atoms with Gasteiger partial charge in [0, 0.05) is 35.3 Å². The van der Waals surface area contributed by atoms with Gasteiger partial charge >= 0.3 is 0 Å². The number of carbonyl (C=O) groups excluding carboxylic acids is 2. The number of amides is 2. The molecular weight excluding hydrogens is 515 g/mol. The molecule has 0 spiro atoms. The number of thioether (sulfide) groups is 1. The van der Waals surface area contributed by atoms with Crippen LogP contribution in [-0.2, 0) is 28.3 Å². The second-order valence-corrected chi connectivity index (χ2v) is 9.73. The van der Waals surface area contributed by atoms with Crippen LogP contribution in [0.3, 0.4) is 0 Å². The van der Waals surface area contributed by atoms with Gasteiger partial charge in [-0.15, -0.1) is 11.8 Å². The molecule has 0 heterocycles. The van der Waals surface area contributed by atoms with Gasteiger partial charge in [-0.05, 0) is 36.2 Å². The van der Waals surface area contributed by atoms with Crippen molar-refractivity contribution in [3.8, 4) is 0 Å². The number of likely N-dealkylation sites (N-methyl/N-ethyl adjacent to an activating group) is 1. The lowest BCUT2D eigenvalue weighted by Gasteiger charge is -2.31. The third-order valence-corrected chi connectivity index (χ3v) is 6.85. The van der Waals surface area contributed by atoms with Crippen molar-refractivity contribution in [3.63, 3.8) is 0 Å². The molecule has 0 saturated carbocycles. The fraction of sp³-hybridized carbons (Fsp3) is 0.259. The Morgan fingerprint density at radius 3 is 2.32 bits per heavy atom. The van der Waals surface area contributed by atoms with Crippen LogP contribution in [0.4, 0.5) is 4.39 Å². The molecule has 0 radical (unpaired) electrons. The Bertz CT molecular complexity index is 1080. The third kappa shape index (κ3) is 7.71. The molecule has 0 aromatic heterocycles. The smallest absolute Gasteiger partial charge is 0.243 e. The normalized spacial score (nSPS) is 11.6. The first kappa shape index (κ1) is 26.0. The van der Waals surface area contributed by atoms with Crippen LogP contribution in [0.1, 0.15) is 23.6 Å². The van der Waals surface area contributed by atoms with E-state index in [0.717, 1.165) is 15.6 Å². The minimum Gasteiger partial charge on any atom is -0.355 e. The van der Waals surface area contributed by atoms with Gasteiger partial charge in [0.25, 0.3) is 0 Å². The predicted octanol–water partition coefficient (Wildman–Crippen LogP) is 5.60. The zero-order valence-corrected chi connectivity index (χ0v) is 21.4. The van der Waals surface area contributed by atoms with Gasteiger partial charge in [0.1, 0.15) is 11.9 Å². The van der Waals surface area contributed by atoms with Gasteiger partial charge in [-0.2, -0.15) is 0 Å². The molecule has 1 N–H and O–H groups in total. The van der Waals surface area contributed by atoms with E-state index < -0.39 is 11.9 Å². The SMILES string of the molecule is CCNC(=O)[C@H](Cc1ccccc1)N(Cc1ccccc1F)C(=O)CSCc1ccc(Br)cc1. The van der Waals surface area contributed by atoms with Crippen molar-refractivity contribution < 1.29 is 14.0 Å². The summed E-state index contributed by atoms with van der Waals surface area (Å²) in [5.41, 5.74) is 2.43. The second-order valence-electron chi connectivity index (χ2n) is 7.83. The van der Waals surface area contributed by atoms with E-state index in [1.54, 1.807) is 18.2 Å². The fourth-order valence-corrected chi connectivity index (χ4v) is 4.71. The number of hydrogen-bond acceptors (Lipinski definition) is 3. The Morgan fingerprint density at radius 1 is 0.971 bits per heavy atom. The lowest BCUT2D eigenvalue weighted by atomic mass is 10.0. The van der Waals surface area contributed by atoms with E-state index >= 15 is 0 Å². The summed E-state index contributed by atoms with van der Waals surface area (Å²) in [6.07, 6.45) is 0.351. The highest BCUT2D eigenvalue weighted by Gasteiger charge is 2.30. The summed E-state index contributed by atoms with van der Waals surface area (Å²) < 4.78 is 15.5. The van der Waals surface area contributed by atoms with Crippen LogP contribution in [0, 0.1) is 5.82 Å². The van der Waals surface area contributed by atoms with E-state index in [9.17, 15) is 14.0 Å². The van der Waals surface area contributed by atoms with Crippen LogP contribution in [-0.4, -0.2) is 35.1 Å². The first-order valence-electron chi connectivity index (χ1n) is 11.1. The van der Waals surface area contributed by atoms with Gasteiger partial charge in [-0.25, -0.2) is 4.39 Å². The molecule has 7 heteroatoms. The zero-order chi connectivity index (χ0) is 24.3. The summed E-state index contributed by atoms with van der Waals surface area (Å²) in [5, 5.41) is 2.85. The summed E-state index contributed by atoms with van der Waals surface area (Å²) in [5.74, 6) is 0.0235. The van der Waals surface area contributed by atoms with Crippen molar-refractivity contribution >= 4 is 39.5 Å². The van der Waals surface area contributed by atoms with Crippen molar-refractivity contribution in [2.24, 2.45) is 0 Å².